The molecule has 0 aromatic heterocycles. The molecule has 3 aromatic rings. The highest BCUT2D eigenvalue weighted by Crippen LogP contribution is 2.39. The molecule has 156 valence electrons. The largest absolute Gasteiger partial charge is 0.478 e. The number of amides is 2. The van der Waals surface area contributed by atoms with Crippen LogP contribution in [0.2, 0.25) is 0 Å². The second-order valence-corrected chi connectivity index (χ2v) is 8.17. The number of para-hydroxylation sites is 1. The molecule has 0 saturated carbocycles. The number of benzene rings is 3. The normalized spacial score (nSPS) is 15.7. The molecule has 1 atom stereocenters. The number of carboxylic acids is 1. The third-order valence-electron chi connectivity index (χ3n) is 5.03. The summed E-state index contributed by atoms with van der Waals surface area (Å²) < 4.78 is 0. The number of carboxylic acid groups (broad SMARTS) is 1. The minimum Gasteiger partial charge on any atom is -0.478 e. The van der Waals surface area contributed by atoms with Crippen LogP contribution in [0.15, 0.2) is 78.9 Å². The molecular formula is C24H20N2O4S. The van der Waals surface area contributed by atoms with Gasteiger partial charge in [0, 0.05) is 12.1 Å². The Hall–Kier alpha value is -3.58. The van der Waals surface area contributed by atoms with Gasteiger partial charge in [0.05, 0.1) is 17.0 Å². The zero-order valence-electron chi connectivity index (χ0n) is 16.5. The summed E-state index contributed by atoms with van der Waals surface area (Å²) in [6.45, 7) is 0.533. The zero-order chi connectivity index (χ0) is 21.8. The van der Waals surface area contributed by atoms with E-state index in [4.69, 9.17) is 0 Å². The lowest BCUT2D eigenvalue weighted by Gasteiger charge is -2.24. The van der Waals surface area contributed by atoms with Crippen molar-refractivity contribution in [1.29, 1.82) is 0 Å². The number of carbonyl (C=O) groups excluding carboxylic acids is 2. The molecule has 1 heterocycles. The van der Waals surface area contributed by atoms with Crippen LogP contribution in [0, 0.1) is 0 Å². The van der Waals surface area contributed by atoms with Gasteiger partial charge in [-0.25, -0.2) is 4.79 Å². The van der Waals surface area contributed by atoms with Gasteiger partial charge in [-0.15, -0.1) is 11.8 Å². The summed E-state index contributed by atoms with van der Waals surface area (Å²) in [6.07, 6.45) is 0. The molecular weight excluding hydrogens is 412 g/mol. The molecule has 4 rings (SSSR count). The van der Waals surface area contributed by atoms with Crippen molar-refractivity contribution in [2.45, 2.75) is 11.9 Å². The summed E-state index contributed by atoms with van der Waals surface area (Å²) >= 11 is 1.56. The van der Waals surface area contributed by atoms with Crippen molar-refractivity contribution < 1.29 is 19.5 Å². The Morgan fingerprint density at radius 3 is 2.35 bits per heavy atom. The van der Waals surface area contributed by atoms with E-state index in [2.05, 4.69) is 5.32 Å². The molecule has 2 N–H and O–H groups in total. The highest BCUT2D eigenvalue weighted by atomic mass is 32.2. The Kier molecular flexibility index (Phi) is 6.04. The molecule has 0 radical (unpaired) electrons. The van der Waals surface area contributed by atoms with Gasteiger partial charge in [-0.2, -0.15) is 0 Å². The van der Waals surface area contributed by atoms with E-state index in [0.29, 0.717) is 17.9 Å². The Bertz CT molecular complexity index is 1120. The van der Waals surface area contributed by atoms with E-state index < -0.39 is 11.9 Å². The number of nitrogens with zero attached hydrogens (tertiary/aromatic N) is 1. The number of anilines is 1. The molecule has 7 heteroatoms. The van der Waals surface area contributed by atoms with Crippen LogP contribution < -0.4 is 5.32 Å². The third kappa shape index (κ3) is 4.62. The fourth-order valence-corrected chi connectivity index (χ4v) is 4.64. The summed E-state index contributed by atoms with van der Waals surface area (Å²) in [5.41, 5.74) is 2.69. The van der Waals surface area contributed by atoms with Gasteiger partial charge in [0.25, 0.3) is 5.91 Å². The first kappa shape index (κ1) is 20.7. The summed E-state index contributed by atoms with van der Waals surface area (Å²) in [6, 6.07) is 23.2. The Morgan fingerprint density at radius 1 is 0.968 bits per heavy atom. The topological polar surface area (TPSA) is 86.7 Å². The maximum absolute atomic E-state index is 12.6. The van der Waals surface area contributed by atoms with Crippen molar-refractivity contribution in [3.63, 3.8) is 0 Å². The number of carbonyl (C=O) groups is 3. The third-order valence-corrected chi connectivity index (χ3v) is 6.28. The van der Waals surface area contributed by atoms with Gasteiger partial charge < -0.3 is 15.3 Å². The fourth-order valence-electron chi connectivity index (χ4n) is 3.45. The predicted molar refractivity (Wildman–Crippen MR) is 120 cm³/mol. The maximum atomic E-state index is 12.6. The highest BCUT2D eigenvalue weighted by Gasteiger charge is 2.32. The average molecular weight is 433 g/mol. The van der Waals surface area contributed by atoms with Crippen LogP contribution in [0.5, 0.6) is 0 Å². The number of thioether (sulfide) groups is 1. The molecule has 1 saturated heterocycles. The van der Waals surface area contributed by atoms with Crippen molar-refractivity contribution in [3.05, 3.63) is 101 Å². The van der Waals surface area contributed by atoms with Gasteiger partial charge in [-0.3, -0.25) is 9.59 Å². The highest BCUT2D eigenvalue weighted by molar-refractivity contribution is 8.00. The molecule has 1 aliphatic heterocycles. The lowest BCUT2D eigenvalue weighted by molar-refractivity contribution is -0.128. The van der Waals surface area contributed by atoms with E-state index in [9.17, 15) is 19.5 Å². The lowest BCUT2D eigenvalue weighted by Crippen LogP contribution is -2.27. The molecule has 0 aliphatic carbocycles. The molecule has 0 unspecified atom stereocenters. The fraction of sp³-hybridized carbons (Fsp3) is 0.125. The molecule has 0 spiro atoms. The Balaban J connectivity index is 1.49. The van der Waals surface area contributed by atoms with Gasteiger partial charge in [-0.1, -0.05) is 54.6 Å². The minimum atomic E-state index is -1.10. The molecule has 2 amide bonds. The summed E-state index contributed by atoms with van der Waals surface area (Å²) in [5.74, 6) is -0.985. The zero-order valence-corrected chi connectivity index (χ0v) is 17.3. The van der Waals surface area contributed by atoms with Crippen LogP contribution in [0.25, 0.3) is 0 Å². The van der Waals surface area contributed by atoms with Crippen LogP contribution in [0.1, 0.15) is 37.2 Å². The van der Waals surface area contributed by atoms with E-state index in [1.54, 1.807) is 42.1 Å². The van der Waals surface area contributed by atoms with Crippen LogP contribution >= 0.6 is 11.8 Å². The first-order valence-corrected chi connectivity index (χ1v) is 10.8. The molecule has 3 aromatic carbocycles. The number of rotatable bonds is 6. The minimum absolute atomic E-state index is 0.0323. The van der Waals surface area contributed by atoms with Gasteiger partial charge in [-0.05, 0) is 35.4 Å². The van der Waals surface area contributed by atoms with Gasteiger partial charge in [0.15, 0.2) is 0 Å². The molecule has 1 fully saturated rings. The number of aromatic carboxylic acids is 1. The van der Waals surface area contributed by atoms with Gasteiger partial charge in [0.1, 0.15) is 5.37 Å². The summed E-state index contributed by atoms with van der Waals surface area (Å²) in [4.78, 5) is 38.2. The molecule has 1 aliphatic rings. The predicted octanol–water partition coefficient (Wildman–Crippen LogP) is 4.41. The second kappa shape index (κ2) is 9.06. The average Bonchev–Trinajstić information content (AvgIpc) is 3.15. The SMILES string of the molecule is O=C(Nc1ccccc1C(=O)O)c1ccc([C@H]2SCC(=O)N2Cc2ccccc2)cc1. The maximum Gasteiger partial charge on any atom is 0.337 e. The van der Waals surface area contributed by atoms with E-state index in [0.717, 1.165) is 11.1 Å². The summed E-state index contributed by atoms with van der Waals surface area (Å²) in [5, 5.41) is 11.8. The van der Waals surface area contributed by atoms with Crippen LogP contribution in [0.4, 0.5) is 5.69 Å². The van der Waals surface area contributed by atoms with Gasteiger partial charge in [0.2, 0.25) is 5.91 Å². The van der Waals surface area contributed by atoms with Crippen molar-refractivity contribution in [1.82, 2.24) is 4.90 Å². The summed E-state index contributed by atoms with van der Waals surface area (Å²) in [7, 11) is 0. The molecule has 6 nitrogen and oxygen atoms in total. The van der Waals surface area contributed by atoms with Gasteiger partial charge >= 0.3 is 5.97 Å². The smallest absolute Gasteiger partial charge is 0.337 e. The van der Waals surface area contributed by atoms with E-state index in [-0.39, 0.29) is 22.5 Å². The molecule has 0 bridgehead atoms. The monoisotopic (exact) mass is 432 g/mol. The number of nitrogens with one attached hydrogen (secondary N) is 1. The lowest BCUT2D eigenvalue weighted by atomic mass is 10.1. The van der Waals surface area contributed by atoms with E-state index in [1.165, 1.54) is 6.07 Å². The standard InChI is InChI=1S/C24H20N2O4S/c27-21-15-31-23(26(21)14-16-6-2-1-3-7-16)18-12-10-17(11-13-18)22(28)25-20-9-5-4-8-19(20)24(29)30/h1-13,23H,14-15H2,(H,25,28)(H,29,30)/t23-/m1/s1. The first-order chi connectivity index (χ1) is 15.0. The quantitative estimate of drug-likeness (QED) is 0.603. The first-order valence-electron chi connectivity index (χ1n) is 9.71. The van der Waals surface area contributed by atoms with Crippen LogP contribution in [-0.4, -0.2) is 33.5 Å². The van der Waals surface area contributed by atoms with Crippen molar-refractivity contribution in [2.75, 3.05) is 11.1 Å². The second-order valence-electron chi connectivity index (χ2n) is 7.10. The van der Waals surface area contributed by atoms with Crippen molar-refractivity contribution in [2.24, 2.45) is 0 Å². The Labute approximate surface area is 183 Å². The van der Waals surface area contributed by atoms with Crippen LogP contribution in [0.3, 0.4) is 0 Å². The van der Waals surface area contributed by atoms with Crippen molar-refractivity contribution >= 4 is 35.2 Å². The number of hydrogen-bond acceptors (Lipinski definition) is 4. The van der Waals surface area contributed by atoms with E-state index in [1.807, 2.05) is 47.4 Å². The van der Waals surface area contributed by atoms with Crippen LogP contribution in [-0.2, 0) is 11.3 Å². The van der Waals surface area contributed by atoms with E-state index >= 15 is 0 Å². The molecule has 31 heavy (non-hydrogen) atoms. The number of hydrogen-bond donors (Lipinski definition) is 2. The van der Waals surface area contributed by atoms with Crippen molar-refractivity contribution in [3.8, 4) is 0 Å². The Morgan fingerprint density at radius 2 is 1.65 bits per heavy atom.